The highest BCUT2D eigenvalue weighted by molar-refractivity contribution is 5.91. The number of amides is 1. The van der Waals surface area contributed by atoms with Crippen molar-refractivity contribution in [1.82, 2.24) is 25.1 Å². The summed E-state index contributed by atoms with van der Waals surface area (Å²) in [5, 5.41) is 26.2. The number of ether oxygens (including phenoxy) is 3. The van der Waals surface area contributed by atoms with Crippen molar-refractivity contribution < 1.29 is 23.9 Å². The number of non-ortho nitro benzene ring substituents is 1. The molecule has 12 nitrogen and oxygen atoms in total. The summed E-state index contributed by atoms with van der Waals surface area (Å²) in [6.45, 7) is 0.428. The maximum absolute atomic E-state index is 12.0. The number of nitrogens with zero attached hydrogens (tertiary/aromatic N) is 5. The topological polar surface area (TPSA) is 143 Å². The second kappa shape index (κ2) is 11.0. The lowest BCUT2D eigenvalue weighted by molar-refractivity contribution is -0.384. The number of methoxy groups -OCH3 is 2. The van der Waals surface area contributed by atoms with Crippen LogP contribution in [0.3, 0.4) is 0 Å². The van der Waals surface area contributed by atoms with Gasteiger partial charge in [-0.1, -0.05) is 0 Å². The van der Waals surface area contributed by atoms with E-state index in [1.165, 1.54) is 18.2 Å². The predicted octanol–water partition coefficient (Wildman–Crippen LogP) is 2.93. The zero-order valence-electron chi connectivity index (χ0n) is 19.5. The quantitative estimate of drug-likeness (QED) is 0.154. The third-order valence-electron chi connectivity index (χ3n) is 5.06. The second-order valence-corrected chi connectivity index (χ2v) is 7.36. The third-order valence-corrected chi connectivity index (χ3v) is 5.06. The van der Waals surface area contributed by atoms with Crippen LogP contribution in [0.15, 0.2) is 60.7 Å². The first-order chi connectivity index (χ1) is 17.5. The highest BCUT2D eigenvalue weighted by Crippen LogP contribution is 2.31. The Balaban J connectivity index is 1.34. The average molecular weight is 490 g/mol. The van der Waals surface area contributed by atoms with E-state index >= 15 is 0 Å². The van der Waals surface area contributed by atoms with E-state index in [-0.39, 0.29) is 24.7 Å². The molecule has 36 heavy (non-hydrogen) atoms. The van der Waals surface area contributed by atoms with Crippen molar-refractivity contribution in [3.8, 4) is 28.8 Å². The van der Waals surface area contributed by atoms with Crippen LogP contribution in [0.1, 0.15) is 5.56 Å². The lowest BCUT2D eigenvalue weighted by Crippen LogP contribution is -2.26. The Hall–Kier alpha value is -5.00. The maximum Gasteiger partial charge on any atom is 0.269 e. The fourth-order valence-electron chi connectivity index (χ4n) is 3.27. The van der Waals surface area contributed by atoms with E-state index < -0.39 is 4.92 Å². The van der Waals surface area contributed by atoms with Crippen molar-refractivity contribution >= 4 is 23.3 Å². The van der Waals surface area contributed by atoms with E-state index in [9.17, 15) is 14.9 Å². The van der Waals surface area contributed by atoms with Gasteiger partial charge in [0, 0.05) is 29.8 Å². The molecule has 0 aliphatic carbocycles. The highest BCUT2D eigenvalue weighted by Gasteiger charge is 2.13. The number of aromatic nitrogens is 4. The number of fused-ring (bicyclic) bond motifs is 1. The lowest BCUT2D eigenvalue weighted by atomic mass is 10.2. The van der Waals surface area contributed by atoms with Crippen LogP contribution in [-0.2, 0) is 4.79 Å². The standard InChI is InChI=1S/C24H22N6O6/c1-34-19-9-6-17(15-20(19)35-2)24-27-26-21-10-12-23(28-29(21)24)36-14-13-25-22(31)11-5-16-3-7-18(8-4-16)30(32)33/h3-12,15H,13-14H2,1-2H3,(H,25,31)/b11-5+. The Labute approximate surface area is 205 Å². The van der Waals surface area contributed by atoms with Crippen molar-refractivity contribution in [2.45, 2.75) is 0 Å². The summed E-state index contributed by atoms with van der Waals surface area (Å²) in [5.74, 6) is 1.66. The second-order valence-electron chi connectivity index (χ2n) is 7.36. The van der Waals surface area contributed by atoms with Gasteiger partial charge in [-0.25, -0.2) is 0 Å². The third kappa shape index (κ3) is 5.55. The molecule has 0 radical (unpaired) electrons. The van der Waals surface area contributed by atoms with Gasteiger partial charge in [0.05, 0.1) is 25.7 Å². The van der Waals surface area contributed by atoms with Gasteiger partial charge in [0.25, 0.3) is 5.69 Å². The normalized spacial score (nSPS) is 10.9. The molecule has 1 N–H and O–H groups in total. The number of carbonyl (C=O) groups excluding carboxylic acids is 1. The number of rotatable bonds is 10. The van der Waals surface area contributed by atoms with E-state index in [1.54, 1.807) is 61.2 Å². The number of nitrogens with one attached hydrogen (secondary N) is 1. The first kappa shape index (κ1) is 24.1. The molecule has 4 aromatic rings. The van der Waals surface area contributed by atoms with Gasteiger partial charge in [0.2, 0.25) is 11.8 Å². The molecule has 2 heterocycles. The number of hydrogen-bond acceptors (Lipinski definition) is 9. The SMILES string of the molecule is COc1ccc(-c2nnc3ccc(OCCNC(=O)/C=C/c4ccc([N+](=O)[O-])cc4)nn23)cc1OC. The summed E-state index contributed by atoms with van der Waals surface area (Å²) in [4.78, 5) is 22.2. The summed E-state index contributed by atoms with van der Waals surface area (Å²) in [5.41, 5.74) is 1.93. The minimum atomic E-state index is -0.479. The maximum atomic E-state index is 12.0. The average Bonchev–Trinajstić information content (AvgIpc) is 3.33. The summed E-state index contributed by atoms with van der Waals surface area (Å²) < 4.78 is 17.9. The molecular formula is C24H22N6O6. The Kier molecular flexibility index (Phi) is 7.34. The molecule has 0 saturated heterocycles. The first-order valence-electron chi connectivity index (χ1n) is 10.8. The van der Waals surface area contributed by atoms with Gasteiger partial charge in [-0.15, -0.1) is 15.3 Å². The summed E-state index contributed by atoms with van der Waals surface area (Å²) in [6, 6.07) is 14.7. The van der Waals surface area contributed by atoms with E-state index in [4.69, 9.17) is 14.2 Å². The molecule has 0 aliphatic heterocycles. The molecular weight excluding hydrogens is 468 g/mol. The van der Waals surface area contributed by atoms with Crippen LogP contribution >= 0.6 is 0 Å². The van der Waals surface area contributed by atoms with Crippen molar-refractivity contribution in [2.75, 3.05) is 27.4 Å². The lowest BCUT2D eigenvalue weighted by Gasteiger charge is -2.09. The monoisotopic (exact) mass is 490 g/mol. The summed E-state index contributed by atoms with van der Waals surface area (Å²) in [6.07, 6.45) is 2.91. The molecule has 0 spiro atoms. The highest BCUT2D eigenvalue weighted by atomic mass is 16.6. The Morgan fingerprint density at radius 3 is 2.56 bits per heavy atom. The van der Waals surface area contributed by atoms with Gasteiger partial charge >= 0.3 is 0 Å². The molecule has 0 unspecified atom stereocenters. The first-order valence-corrected chi connectivity index (χ1v) is 10.8. The van der Waals surface area contributed by atoms with Crippen LogP contribution in [0.2, 0.25) is 0 Å². The number of benzene rings is 2. The van der Waals surface area contributed by atoms with Crippen LogP contribution in [-0.4, -0.2) is 58.0 Å². The summed E-state index contributed by atoms with van der Waals surface area (Å²) in [7, 11) is 3.12. The van der Waals surface area contributed by atoms with Crippen LogP contribution in [0.25, 0.3) is 23.1 Å². The van der Waals surface area contributed by atoms with Gasteiger partial charge in [0.15, 0.2) is 23.0 Å². The fraction of sp³-hybridized carbons (Fsp3) is 0.167. The van der Waals surface area contributed by atoms with Crippen molar-refractivity contribution in [2.24, 2.45) is 0 Å². The molecule has 184 valence electrons. The Bertz CT molecular complexity index is 1420. The minimum absolute atomic E-state index is 0.0112. The van der Waals surface area contributed by atoms with Crippen LogP contribution in [0.5, 0.6) is 17.4 Å². The van der Waals surface area contributed by atoms with Gasteiger partial charge in [-0.2, -0.15) is 4.52 Å². The molecule has 0 fully saturated rings. The molecule has 12 heteroatoms. The smallest absolute Gasteiger partial charge is 0.269 e. The summed E-state index contributed by atoms with van der Waals surface area (Å²) >= 11 is 0. The van der Waals surface area contributed by atoms with Gasteiger partial charge < -0.3 is 19.5 Å². The van der Waals surface area contributed by atoms with Crippen LogP contribution in [0.4, 0.5) is 5.69 Å². The minimum Gasteiger partial charge on any atom is -0.493 e. The van der Waals surface area contributed by atoms with E-state index in [0.29, 0.717) is 34.4 Å². The predicted molar refractivity (Wildman–Crippen MR) is 130 cm³/mol. The van der Waals surface area contributed by atoms with Gasteiger partial charge in [0.1, 0.15) is 6.61 Å². The zero-order chi connectivity index (χ0) is 25.5. The zero-order valence-corrected chi connectivity index (χ0v) is 19.5. The molecule has 0 bridgehead atoms. The van der Waals surface area contributed by atoms with Gasteiger partial charge in [-0.3, -0.25) is 14.9 Å². The fourth-order valence-corrected chi connectivity index (χ4v) is 3.27. The number of carbonyl (C=O) groups is 1. The molecule has 0 saturated carbocycles. The van der Waals surface area contributed by atoms with Crippen molar-refractivity contribution in [3.05, 3.63) is 76.4 Å². The number of hydrogen-bond donors (Lipinski definition) is 1. The van der Waals surface area contributed by atoms with Crippen molar-refractivity contribution in [3.63, 3.8) is 0 Å². The molecule has 1 amide bonds. The largest absolute Gasteiger partial charge is 0.493 e. The van der Waals surface area contributed by atoms with E-state index in [1.807, 2.05) is 6.07 Å². The van der Waals surface area contributed by atoms with Crippen LogP contribution in [0, 0.1) is 10.1 Å². The Morgan fingerprint density at radius 2 is 1.83 bits per heavy atom. The molecule has 2 aromatic carbocycles. The number of nitro benzene ring substituents is 1. The van der Waals surface area contributed by atoms with Crippen LogP contribution < -0.4 is 19.5 Å². The molecule has 0 atom stereocenters. The van der Waals surface area contributed by atoms with Crippen molar-refractivity contribution in [1.29, 1.82) is 0 Å². The Morgan fingerprint density at radius 1 is 1.06 bits per heavy atom. The molecule has 2 aromatic heterocycles. The van der Waals surface area contributed by atoms with E-state index in [2.05, 4.69) is 20.6 Å². The molecule has 0 aliphatic rings. The van der Waals surface area contributed by atoms with Gasteiger partial charge in [-0.05, 0) is 48.0 Å². The number of nitro groups is 1. The van der Waals surface area contributed by atoms with E-state index in [0.717, 1.165) is 5.56 Å². The molecule has 4 rings (SSSR count).